The van der Waals surface area contributed by atoms with Gasteiger partial charge in [0.15, 0.2) is 0 Å². The first kappa shape index (κ1) is 24.9. The Morgan fingerprint density at radius 3 is 2.34 bits per heavy atom. The molecule has 4 rings (SSSR count). The number of piperazine rings is 1. The number of aromatic nitrogens is 2. The summed E-state index contributed by atoms with van der Waals surface area (Å²) >= 11 is 6.10. The van der Waals surface area contributed by atoms with Gasteiger partial charge in [-0.15, -0.1) is 0 Å². The number of hydrogen-bond donors (Lipinski definition) is 0. The van der Waals surface area contributed by atoms with Gasteiger partial charge in [0, 0.05) is 36.8 Å². The first-order valence-corrected chi connectivity index (χ1v) is 12.9. The number of hydrogen-bond acceptors (Lipinski definition) is 5. The third-order valence-corrected chi connectivity index (χ3v) is 8.23. The molecule has 1 aliphatic rings. The van der Waals surface area contributed by atoms with E-state index in [0.717, 1.165) is 0 Å². The van der Waals surface area contributed by atoms with Crippen LogP contribution in [-0.2, 0) is 10.0 Å². The van der Waals surface area contributed by atoms with Crippen LogP contribution in [0.25, 0.3) is 5.69 Å². The van der Waals surface area contributed by atoms with E-state index in [1.54, 1.807) is 44.3 Å². The number of rotatable bonds is 4. The van der Waals surface area contributed by atoms with Crippen molar-refractivity contribution in [1.82, 2.24) is 14.1 Å². The zero-order chi connectivity index (χ0) is 25.2. The van der Waals surface area contributed by atoms with Crippen molar-refractivity contribution in [2.24, 2.45) is 0 Å². The van der Waals surface area contributed by atoms with Gasteiger partial charge in [0.05, 0.1) is 22.8 Å². The molecule has 0 N–H and O–H groups in total. The van der Waals surface area contributed by atoms with E-state index in [2.05, 4.69) is 16.9 Å². The largest absolute Gasteiger partial charge is 0.366 e. The van der Waals surface area contributed by atoms with Crippen LogP contribution in [0, 0.1) is 17.7 Å². The lowest BCUT2D eigenvalue weighted by Gasteiger charge is -2.36. The van der Waals surface area contributed by atoms with Crippen LogP contribution >= 0.6 is 11.6 Å². The van der Waals surface area contributed by atoms with Crippen molar-refractivity contribution < 1.29 is 12.8 Å². The van der Waals surface area contributed by atoms with Crippen molar-refractivity contribution in [2.75, 3.05) is 31.1 Å². The van der Waals surface area contributed by atoms with Gasteiger partial charge in [0.2, 0.25) is 10.0 Å². The summed E-state index contributed by atoms with van der Waals surface area (Å²) in [6.45, 7) is 4.68. The summed E-state index contributed by atoms with van der Waals surface area (Å²) in [5.74, 6) is 5.50. The molecule has 2 heterocycles. The molecular formula is C25H24ClFN4O3S. The number of anilines is 1. The molecular weight excluding hydrogens is 491 g/mol. The van der Waals surface area contributed by atoms with Crippen LogP contribution in [0.4, 0.5) is 10.1 Å². The Labute approximate surface area is 208 Å². The summed E-state index contributed by atoms with van der Waals surface area (Å²) < 4.78 is 41.1. The number of nitrogens with zero attached hydrogens (tertiary/aromatic N) is 4. The minimum absolute atomic E-state index is 0.212. The average molecular weight is 515 g/mol. The second-order valence-electron chi connectivity index (χ2n) is 8.34. The first-order valence-electron chi connectivity index (χ1n) is 11.1. The van der Waals surface area contributed by atoms with Crippen molar-refractivity contribution in [2.45, 2.75) is 19.1 Å². The first-order chi connectivity index (χ1) is 16.7. The summed E-state index contributed by atoms with van der Waals surface area (Å²) in [5, 5.41) is 4.30. The fourth-order valence-corrected chi connectivity index (χ4v) is 5.20. The number of halogens is 2. The molecule has 35 heavy (non-hydrogen) atoms. The Kier molecular flexibility index (Phi) is 7.26. The molecule has 2 aromatic carbocycles. The molecule has 1 fully saturated rings. The zero-order valence-corrected chi connectivity index (χ0v) is 20.9. The zero-order valence-electron chi connectivity index (χ0n) is 19.3. The van der Waals surface area contributed by atoms with Gasteiger partial charge in [-0.3, -0.25) is 4.79 Å². The molecule has 0 unspecified atom stereocenters. The second-order valence-corrected chi connectivity index (χ2v) is 11.3. The fourth-order valence-electron chi connectivity index (χ4n) is 3.74. The topological polar surface area (TPSA) is 75.5 Å². The Bertz CT molecular complexity index is 1450. The van der Waals surface area contributed by atoms with Gasteiger partial charge in [0.25, 0.3) is 5.56 Å². The van der Waals surface area contributed by atoms with E-state index < -0.39 is 20.8 Å². The lowest BCUT2D eigenvalue weighted by molar-refractivity contribution is 0.380. The summed E-state index contributed by atoms with van der Waals surface area (Å²) in [7, 11) is -3.37. The van der Waals surface area contributed by atoms with Crippen LogP contribution in [0.3, 0.4) is 0 Å². The molecule has 7 nitrogen and oxygen atoms in total. The standard InChI is InChI=1S/C25H24ClFN4O3S/c1-18(2)35(33,34)30-14-12-29(13-15-30)24-17-28-31(22-5-3-4-20(26)16-22)25(32)23(24)11-8-19-6-9-21(27)10-7-19/h3-7,9-10,16-18H,12-15H2,1-2H3. The molecule has 0 amide bonds. The van der Waals surface area contributed by atoms with E-state index in [0.29, 0.717) is 48.1 Å². The summed E-state index contributed by atoms with van der Waals surface area (Å²) in [6.07, 6.45) is 1.56. The monoisotopic (exact) mass is 514 g/mol. The van der Waals surface area contributed by atoms with Crippen LogP contribution in [-0.4, -0.2) is 53.9 Å². The summed E-state index contributed by atoms with van der Waals surface area (Å²) in [5.41, 5.74) is 1.34. The average Bonchev–Trinajstić information content (AvgIpc) is 2.84. The maximum absolute atomic E-state index is 13.5. The van der Waals surface area contributed by atoms with E-state index in [9.17, 15) is 17.6 Å². The van der Waals surface area contributed by atoms with Gasteiger partial charge < -0.3 is 4.90 Å². The van der Waals surface area contributed by atoms with E-state index >= 15 is 0 Å². The van der Waals surface area contributed by atoms with Gasteiger partial charge in [-0.1, -0.05) is 29.5 Å². The molecule has 182 valence electrons. The lowest BCUT2D eigenvalue weighted by Crippen LogP contribution is -2.51. The SMILES string of the molecule is CC(C)S(=O)(=O)N1CCN(c2cnn(-c3cccc(Cl)c3)c(=O)c2C#Cc2ccc(F)cc2)CC1. The quantitative estimate of drug-likeness (QED) is 0.499. The van der Waals surface area contributed by atoms with Crippen LogP contribution in [0.1, 0.15) is 25.0 Å². The molecule has 0 spiro atoms. The van der Waals surface area contributed by atoms with Gasteiger partial charge in [-0.2, -0.15) is 14.1 Å². The summed E-state index contributed by atoms with van der Waals surface area (Å²) in [4.78, 5) is 15.4. The Morgan fingerprint density at radius 2 is 1.71 bits per heavy atom. The van der Waals surface area contributed by atoms with Gasteiger partial charge in [-0.05, 0) is 56.3 Å². The van der Waals surface area contributed by atoms with Gasteiger partial charge in [-0.25, -0.2) is 12.8 Å². The second kappa shape index (κ2) is 10.2. The van der Waals surface area contributed by atoms with Crippen LogP contribution in [0.5, 0.6) is 0 Å². The molecule has 0 radical (unpaired) electrons. The van der Waals surface area contributed by atoms with Crippen LogP contribution in [0.2, 0.25) is 5.02 Å². The van der Waals surface area contributed by atoms with Crippen molar-refractivity contribution in [3.8, 4) is 17.5 Å². The molecule has 1 saturated heterocycles. The molecule has 0 atom stereocenters. The van der Waals surface area contributed by atoms with E-state index in [1.807, 2.05) is 4.90 Å². The molecule has 10 heteroatoms. The molecule has 0 bridgehead atoms. The smallest absolute Gasteiger partial charge is 0.289 e. The van der Waals surface area contributed by atoms with E-state index in [4.69, 9.17) is 11.6 Å². The van der Waals surface area contributed by atoms with Crippen LogP contribution < -0.4 is 10.5 Å². The highest BCUT2D eigenvalue weighted by Crippen LogP contribution is 2.21. The van der Waals surface area contributed by atoms with Gasteiger partial charge >= 0.3 is 0 Å². The van der Waals surface area contributed by atoms with Gasteiger partial charge in [0.1, 0.15) is 11.4 Å². The number of sulfonamides is 1. The minimum atomic E-state index is -3.37. The predicted molar refractivity (Wildman–Crippen MR) is 135 cm³/mol. The predicted octanol–water partition coefficient (Wildman–Crippen LogP) is 3.29. The number of benzene rings is 2. The Morgan fingerprint density at radius 1 is 1.03 bits per heavy atom. The molecule has 1 aliphatic heterocycles. The molecule has 1 aromatic heterocycles. The highest BCUT2D eigenvalue weighted by Gasteiger charge is 2.30. The van der Waals surface area contributed by atoms with Crippen molar-refractivity contribution >= 4 is 27.3 Å². The summed E-state index contributed by atoms with van der Waals surface area (Å²) in [6, 6.07) is 12.4. The maximum Gasteiger partial charge on any atom is 0.289 e. The van der Waals surface area contributed by atoms with E-state index in [1.165, 1.54) is 33.3 Å². The molecule has 3 aromatic rings. The normalized spacial score (nSPS) is 14.6. The van der Waals surface area contributed by atoms with E-state index in [-0.39, 0.29) is 11.4 Å². The fraction of sp³-hybridized carbons (Fsp3) is 0.280. The lowest BCUT2D eigenvalue weighted by atomic mass is 10.1. The molecule has 0 aliphatic carbocycles. The highest BCUT2D eigenvalue weighted by atomic mass is 35.5. The molecule has 0 saturated carbocycles. The Hall–Kier alpha value is -3.19. The van der Waals surface area contributed by atoms with Crippen molar-refractivity contribution in [3.05, 3.63) is 87.0 Å². The third kappa shape index (κ3) is 5.40. The minimum Gasteiger partial charge on any atom is -0.366 e. The third-order valence-electron chi connectivity index (χ3n) is 5.72. The van der Waals surface area contributed by atoms with Crippen molar-refractivity contribution in [1.29, 1.82) is 0 Å². The Balaban J connectivity index is 1.74. The van der Waals surface area contributed by atoms with Crippen LogP contribution in [0.15, 0.2) is 59.5 Å². The maximum atomic E-state index is 13.5. The van der Waals surface area contributed by atoms with Crippen molar-refractivity contribution in [3.63, 3.8) is 0 Å². The highest BCUT2D eigenvalue weighted by molar-refractivity contribution is 7.89.